The van der Waals surface area contributed by atoms with Crippen LogP contribution in [0.4, 0.5) is 0 Å². The number of carbonyl (C=O) groups excluding carboxylic acids is 1. The number of hydrogen-bond acceptors (Lipinski definition) is 2. The summed E-state index contributed by atoms with van der Waals surface area (Å²) in [4.78, 5) is 21.6. The molecule has 0 aliphatic rings. The smallest absolute Gasteiger partial charge is 0.303 e. The SMILES string of the molecule is [B]c1ccc(C(=O)CCC(=O)O)cc1. The molecule has 0 saturated carbocycles. The Morgan fingerprint density at radius 1 is 1.14 bits per heavy atom. The molecule has 2 radical (unpaired) electrons. The topological polar surface area (TPSA) is 54.4 Å². The maximum atomic E-state index is 11.4. The van der Waals surface area contributed by atoms with Gasteiger partial charge in [0, 0.05) is 12.0 Å². The van der Waals surface area contributed by atoms with Gasteiger partial charge in [0.05, 0.1) is 6.42 Å². The van der Waals surface area contributed by atoms with Gasteiger partial charge >= 0.3 is 5.97 Å². The molecule has 0 saturated heterocycles. The van der Waals surface area contributed by atoms with Crippen LogP contribution in [0.1, 0.15) is 23.2 Å². The minimum Gasteiger partial charge on any atom is -0.481 e. The van der Waals surface area contributed by atoms with Crippen molar-refractivity contribution >= 4 is 25.1 Å². The van der Waals surface area contributed by atoms with E-state index in [1.807, 2.05) is 0 Å². The molecule has 0 unspecified atom stereocenters. The van der Waals surface area contributed by atoms with E-state index in [9.17, 15) is 9.59 Å². The zero-order chi connectivity index (χ0) is 10.6. The van der Waals surface area contributed by atoms with Gasteiger partial charge < -0.3 is 5.11 Å². The Morgan fingerprint density at radius 3 is 2.21 bits per heavy atom. The van der Waals surface area contributed by atoms with Gasteiger partial charge in [-0.3, -0.25) is 9.59 Å². The summed E-state index contributed by atoms with van der Waals surface area (Å²) in [5.74, 6) is -1.14. The van der Waals surface area contributed by atoms with Crippen LogP contribution in [-0.4, -0.2) is 24.7 Å². The van der Waals surface area contributed by atoms with Gasteiger partial charge in [-0.2, -0.15) is 0 Å². The molecule has 1 N–H and O–H groups in total. The molecule has 1 aromatic rings. The minimum atomic E-state index is -0.964. The van der Waals surface area contributed by atoms with Crippen LogP contribution in [0, 0.1) is 0 Å². The molecule has 4 heteroatoms. The van der Waals surface area contributed by atoms with Crippen molar-refractivity contribution < 1.29 is 14.7 Å². The second kappa shape index (κ2) is 4.60. The highest BCUT2D eigenvalue weighted by molar-refractivity contribution is 6.32. The number of benzene rings is 1. The van der Waals surface area contributed by atoms with E-state index in [0.717, 1.165) is 0 Å². The van der Waals surface area contributed by atoms with Crippen molar-refractivity contribution in [3.05, 3.63) is 29.8 Å². The van der Waals surface area contributed by atoms with E-state index in [-0.39, 0.29) is 18.6 Å². The summed E-state index contributed by atoms with van der Waals surface area (Å²) in [7, 11) is 5.44. The van der Waals surface area contributed by atoms with Crippen LogP contribution in [0.3, 0.4) is 0 Å². The van der Waals surface area contributed by atoms with Crippen molar-refractivity contribution in [1.82, 2.24) is 0 Å². The third-order valence-corrected chi connectivity index (χ3v) is 1.80. The molecule has 1 aromatic carbocycles. The largest absolute Gasteiger partial charge is 0.481 e. The Labute approximate surface area is 83.2 Å². The van der Waals surface area contributed by atoms with E-state index < -0.39 is 5.97 Å². The second-order valence-electron chi connectivity index (χ2n) is 2.94. The summed E-state index contributed by atoms with van der Waals surface area (Å²) in [6, 6.07) is 6.43. The van der Waals surface area contributed by atoms with Crippen molar-refractivity contribution in [2.45, 2.75) is 12.8 Å². The summed E-state index contributed by atoms with van der Waals surface area (Å²) >= 11 is 0. The van der Waals surface area contributed by atoms with Gasteiger partial charge in [-0.05, 0) is 0 Å². The Balaban J connectivity index is 2.61. The zero-order valence-electron chi connectivity index (χ0n) is 7.56. The number of carboxylic acid groups (broad SMARTS) is 1. The third kappa shape index (κ3) is 3.05. The lowest BCUT2D eigenvalue weighted by Gasteiger charge is -1.99. The highest BCUT2D eigenvalue weighted by Crippen LogP contribution is 2.03. The first-order chi connectivity index (χ1) is 6.59. The van der Waals surface area contributed by atoms with Crippen molar-refractivity contribution in [1.29, 1.82) is 0 Å². The van der Waals surface area contributed by atoms with Crippen molar-refractivity contribution in [2.24, 2.45) is 0 Å². The standard InChI is InChI=1S/C10H9BO3/c11-8-3-1-7(2-4-8)9(12)5-6-10(13)14/h1-4H,5-6H2,(H,13,14). The van der Waals surface area contributed by atoms with E-state index in [2.05, 4.69) is 0 Å². The predicted octanol–water partition coefficient (Wildman–Crippen LogP) is 0.528. The van der Waals surface area contributed by atoms with Crippen LogP contribution >= 0.6 is 0 Å². The number of aliphatic carboxylic acids is 1. The average molecular weight is 188 g/mol. The Hall–Kier alpha value is -1.58. The molecule has 14 heavy (non-hydrogen) atoms. The molecule has 0 aliphatic carbocycles. The molecule has 0 bridgehead atoms. The molecule has 0 aliphatic heterocycles. The summed E-state index contributed by atoms with van der Waals surface area (Å²) in [6.45, 7) is 0. The van der Waals surface area contributed by atoms with Gasteiger partial charge in [0.25, 0.3) is 0 Å². The van der Waals surface area contributed by atoms with Crippen molar-refractivity contribution in [3.63, 3.8) is 0 Å². The molecular formula is C10H9BO3. The summed E-state index contributed by atoms with van der Waals surface area (Å²) in [5.41, 5.74) is 1.08. The molecule has 1 rings (SSSR count). The molecule has 70 valence electrons. The van der Waals surface area contributed by atoms with Gasteiger partial charge in [0.15, 0.2) is 5.78 Å². The van der Waals surface area contributed by atoms with E-state index in [4.69, 9.17) is 13.0 Å². The quantitative estimate of drug-likeness (QED) is 0.553. The fraction of sp³-hybridized carbons (Fsp3) is 0.200. The average Bonchev–Trinajstić information content (AvgIpc) is 2.15. The summed E-state index contributed by atoms with van der Waals surface area (Å²) in [5, 5.41) is 8.38. The second-order valence-corrected chi connectivity index (χ2v) is 2.94. The van der Waals surface area contributed by atoms with Gasteiger partial charge in [0.2, 0.25) is 0 Å². The number of carbonyl (C=O) groups is 2. The molecule has 0 aromatic heterocycles. The van der Waals surface area contributed by atoms with Crippen LogP contribution in [0.2, 0.25) is 0 Å². The fourth-order valence-corrected chi connectivity index (χ4v) is 1.03. The van der Waals surface area contributed by atoms with Crippen LogP contribution in [-0.2, 0) is 4.79 Å². The molecule has 0 amide bonds. The van der Waals surface area contributed by atoms with Gasteiger partial charge in [0.1, 0.15) is 7.85 Å². The number of hydrogen-bond donors (Lipinski definition) is 1. The number of Topliss-reactive ketones (excluding diaryl/α,β-unsaturated/α-hetero) is 1. The first-order valence-corrected chi connectivity index (χ1v) is 4.20. The van der Waals surface area contributed by atoms with Crippen molar-refractivity contribution in [3.8, 4) is 0 Å². The van der Waals surface area contributed by atoms with E-state index in [1.165, 1.54) is 0 Å². The zero-order valence-corrected chi connectivity index (χ0v) is 7.56. The Morgan fingerprint density at radius 2 is 1.71 bits per heavy atom. The lowest BCUT2D eigenvalue weighted by Crippen LogP contribution is -2.06. The number of carboxylic acids is 1. The van der Waals surface area contributed by atoms with Gasteiger partial charge in [-0.25, -0.2) is 0 Å². The minimum absolute atomic E-state index is 0.0270. The molecule has 0 fully saturated rings. The van der Waals surface area contributed by atoms with E-state index in [0.29, 0.717) is 11.0 Å². The Bertz CT molecular complexity index is 343. The fourth-order valence-electron chi connectivity index (χ4n) is 1.03. The molecular weight excluding hydrogens is 179 g/mol. The first-order valence-electron chi connectivity index (χ1n) is 4.20. The van der Waals surface area contributed by atoms with Crippen LogP contribution in [0.5, 0.6) is 0 Å². The predicted molar refractivity (Wildman–Crippen MR) is 53.0 cm³/mol. The molecule has 0 heterocycles. The lowest BCUT2D eigenvalue weighted by atomic mass is 9.94. The van der Waals surface area contributed by atoms with Gasteiger partial charge in [-0.15, -0.1) is 0 Å². The third-order valence-electron chi connectivity index (χ3n) is 1.80. The normalized spacial score (nSPS) is 9.71. The van der Waals surface area contributed by atoms with E-state index in [1.54, 1.807) is 24.3 Å². The number of rotatable bonds is 4. The highest BCUT2D eigenvalue weighted by atomic mass is 16.4. The monoisotopic (exact) mass is 188 g/mol. The molecule has 0 atom stereocenters. The maximum absolute atomic E-state index is 11.4. The first kappa shape index (κ1) is 10.5. The van der Waals surface area contributed by atoms with Crippen LogP contribution in [0.25, 0.3) is 0 Å². The van der Waals surface area contributed by atoms with Crippen LogP contribution in [0.15, 0.2) is 24.3 Å². The van der Waals surface area contributed by atoms with Crippen LogP contribution < -0.4 is 5.46 Å². The maximum Gasteiger partial charge on any atom is 0.303 e. The van der Waals surface area contributed by atoms with Crippen molar-refractivity contribution in [2.75, 3.05) is 0 Å². The summed E-state index contributed by atoms with van der Waals surface area (Å²) < 4.78 is 0. The lowest BCUT2D eigenvalue weighted by molar-refractivity contribution is -0.136. The molecule has 0 spiro atoms. The summed E-state index contributed by atoms with van der Waals surface area (Å²) in [6.07, 6.45) is -0.109. The molecule has 3 nitrogen and oxygen atoms in total. The Kier molecular flexibility index (Phi) is 3.45. The number of ketones is 1. The highest BCUT2D eigenvalue weighted by Gasteiger charge is 2.07. The van der Waals surface area contributed by atoms with Gasteiger partial charge in [-0.1, -0.05) is 29.7 Å². The van der Waals surface area contributed by atoms with E-state index >= 15 is 0 Å².